The lowest BCUT2D eigenvalue weighted by Gasteiger charge is -1.90. The zero-order valence-corrected chi connectivity index (χ0v) is 10.2. The summed E-state index contributed by atoms with van der Waals surface area (Å²) < 4.78 is 0.943. The lowest BCUT2D eigenvalue weighted by atomic mass is 10.2. The highest BCUT2D eigenvalue weighted by molar-refractivity contribution is 9.10. The van der Waals surface area contributed by atoms with E-state index in [9.17, 15) is 4.79 Å². The first-order valence-corrected chi connectivity index (χ1v) is 5.88. The maximum absolute atomic E-state index is 10.7. The van der Waals surface area contributed by atoms with E-state index in [1.54, 1.807) is 18.3 Å². The maximum atomic E-state index is 10.7. The molecule has 0 atom stereocenters. The molecule has 0 aliphatic rings. The maximum Gasteiger partial charge on any atom is 0.130 e. The highest BCUT2D eigenvalue weighted by atomic mass is 79.9. The molecule has 72 valence electrons. The molecule has 2 nitrogen and oxygen atoms in total. The summed E-state index contributed by atoms with van der Waals surface area (Å²) >= 11 is 5.09. The van der Waals surface area contributed by atoms with Gasteiger partial charge in [0.05, 0.1) is 5.01 Å². The summed E-state index contributed by atoms with van der Waals surface area (Å²) in [5.41, 5.74) is 0. The van der Waals surface area contributed by atoms with Crippen LogP contribution in [0.4, 0.5) is 0 Å². The number of halogens is 1. The van der Waals surface area contributed by atoms with E-state index in [2.05, 4.69) is 27.8 Å². The Bertz CT molecular complexity index is 309. The zero-order valence-electron chi connectivity index (χ0n) is 7.76. The fraction of sp³-hybridized carbons (Fsp3) is 0.556. The van der Waals surface area contributed by atoms with Gasteiger partial charge in [0.1, 0.15) is 10.4 Å². The van der Waals surface area contributed by atoms with Crippen LogP contribution >= 0.6 is 27.3 Å². The van der Waals surface area contributed by atoms with Gasteiger partial charge in [-0.25, -0.2) is 4.98 Å². The molecular formula is C9H12BrNOS. The van der Waals surface area contributed by atoms with Crippen molar-refractivity contribution in [2.45, 2.75) is 33.1 Å². The van der Waals surface area contributed by atoms with Gasteiger partial charge in [-0.1, -0.05) is 6.92 Å². The summed E-state index contributed by atoms with van der Waals surface area (Å²) in [4.78, 5) is 16.3. The van der Waals surface area contributed by atoms with Crippen LogP contribution in [0.3, 0.4) is 0 Å². The first kappa shape index (κ1) is 10.9. The molecule has 0 saturated heterocycles. The van der Waals surface area contributed by atoms with Gasteiger partial charge in [0, 0.05) is 17.7 Å². The van der Waals surface area contributed by atoms with Crippen LogP contribution in [-0.2, 0) is 17.6 Å². The van der Waals surface area contributed by atoms with Gasteiger partial charge >= 0.3 is 0 Å². The van der Waals surface area contributed by atoms with Crippen molar-refractivity contribution in [3.63, 3.8) is 0 Å². The van der Waals surface area contributed by atoms with Gasteiger partial charge in [-0.2, -0.15) is 0 Å². The quantitative estimate of drug-likeness (QED) is 0.834. The van der Waals surface area contributed by atoms with Gasteiger partial charge in [0.25, 0.3) is 0 Å². The van der Waals surface area contributed by atoms with Crippen LogP contribution in [-0.4, -0.2) is 10.8 Å². The van der Waals surface area contributed by atoms with E-state index in [4.69, 9.17) is 0 Å². The molecule has 4 heteroatoms. The normalized spacial score (nSPS) is 10.4. The van der Waals surface area contributed by atoms with Crippen LogP contribution in [0.15, 0.2) is 4.60 Å². The van der Waals surface area contributed by atoms with Crippen LogP contribution in [0.1, 0.15) is 30.2 Å². The second-order valence-electron chi connectivity index (χ2n) is 2.88. The number of Topliss-reactive ketones (excluding diaryl/α,β-unsaturated/α-hetero) is 1. The minimum Gasteiger partial charge on any atom is -0.300 e. The Labute approximate surface area is 90.5 Å². The van der Waals surface area contributed by atoms with Crippen LogP contribution < -0.4 is 0 Å². The van der Waals surface area contributed by atoms with E-state index >= 15 is 0 Å². The highest BCUT2D eigenvalue weighted by Crippen LogP contribution is 2.24. The molecule has 0 fully saturated rings. The van der Waals surface area contributed by atoms with Gasteiger partial charge in [-0.3, -0.25) is 0 Å². The van der Waals surface area contributed by atoms with Gasteiger partial charge in [0.2, 0.25) is 0 Å². The SMILES string of the molecule is CCc1sc(CCC(C)=O)nc1Br. The molecular weight excluding hydrogens is 250 g/mol. The van der Waals surface area contributed by atoms with Crippen LogP contribution in [0.5, 0.6) is 0 Å². The van der Waals surface area contributed by atoms with Crippen molar-refractivity contribution in [2.24, 2.45) is 0 Å². The average Bonchev–Trinajstić information content (AvgIpc) is 2.43. The molecule has 0 radical (unpaired) electrons. The van der Waals surface area contributed by atoms with Gasteiger partial charge in [0.15, 0.2) is 0 Å². The zero-order chi connectivity index (χ0) is 9.84. The second-order valence-corrected chi connectivity index (χ2v) is 4.80. The number of rotatable bonds is 4. The number of nitrogens with zero attached hydrogens (tertiary/aromatic N) is 1. The Balaban J connectivity index is 2.62. The van der Waals surface area contributed by atoms with Crippen LogP contribution in [0.2, 0.25) is 0 Å². The Morgan fingerprint density at radius 1 is 1.62 bits per heavy atom. The predicted molar refractivity (Wildman–Crippen MR) is 58.2 cm³/mol. The Morgan fingerprint density at radius 2 is 2.31 bits per heavy atom. The number of aryl methyl sites for hydroxylation is 2. The molecule has 0 bridgehead atoms. The summed E-state index contributed by atoms with van der Waals surface area (Å²) in [6, 6.07) is 0. The molecule has 1 aromatic heterocycles. The lowest BCUT2D eigenvalue weighted by molar-refractivity contribution is -0.116. The molecule has 13 heavy (non-hydrogen) atoms. The molecule has 0 spiro atoms. The summed E-state index contributed by atoms with van der Waals surface area (Å²) in [5, 5.41) is 1.05. The van der Waals surface area contributed by atoms with Crippen molar-refractivity contribution in [1.82, 2.24) is 4.98 Å². The minimum atomic E-state index is 0.226. The van der Waals surface area contributed by atoms with Crippen LogP contribution in [0, 0.1) is 0 Å². The second kappa shape index (κ2) is 4.86. The topological polar surface area (TPSA) is 30.0 Å². The minimum absolute atomic E-state index is 0.226. The van der Waals surface area contributed by atoms with E-state index in [1.807, 2.05) is 0 Å². The molecule has 1 aromatic rings. The summed E-state index contributed by atoms with van der Waals surface area (Å²) in [6.07, 6.45) is 2.38. The third-order valence-electron chi connectivity index (χ3n) is 1.71. The summed E-state index contributed by atoms with van der Waals surface area (Å²) in [7, 11) is 0. The molecule has 0 N–H and O–H groups in total. The van der Waals surface area contributed by atoms with Crippen molar-refractivity contribution in [1.29, 1.82) is 0 Å². The van der Waals surface area contributed by atoms with Crippen molar-refractivity contribution in [3.8, 4) is 0 Å². The fourth-order valence-electron chi connectivity index (χ4n) is 0.987. The smallest absolute Gasteiger partial charge is 0.130 e. The average molecular weight is 262 g/mol. The number of hydrogen-bond donors (Lipinski definition) is 0. The molecule has 0 aliphatic heterocycles. The molecule has 0 aromatic carbocycles. The standard InChI is InChI=1S/C9H12BrNOS/c1-3-7-9(10)11-8(13-7)5-4-6(2)12/h3-5H2,1-2H3. The van der Waals surface area contributed by atoms with Gasteiger partial charge < -0.3 is 4.79 Å². The van der Waals surface area contributed by atoms with Crippen LogP contribution in [0.25, 0.3) is 0 Å². The number of aromatic nitrogens is 1. The van der Waals surface area contributed by atoms with Crippen molar-refractivity contribution in [3.05, 3.63) is 14.5 Å². The molecule has 0 saturated carbocycles. The molecule has 1 rings (SSSR count). The molecule has 0 unspecified atom stereocenters. The van der Waals surface area contributed by atoms with Gasteiger partial charge in [-0.05, 0) is 29.3 Å². The first-order chi connectivity index (χ1) is 6.13. The molecule has 0 aliphatic carbocycles. The van der Waals surface area contributed by atoms with E-state index in [-0.39, 0.29) is 5.78 Å². The van der Waals surface area contributed by atoms with Crippen molar-refractivity contribution < 1.29 is 4.79 Å². The monoisotopic (exact) mass is 261 g/mol. The lowest BCUT2D eigenvalue weighted by Crippen LogP contribution is -1.92. The summed E-state index contributed by atoms with van der Waals surface area (Å²) in [5.74, 6) is 0.226. The fourth-order valence-corrected chi connectivity index (χ4v) is 2.74. The number of carbonyl (C=O) groups is 1. The van der Waals surface area contributed by atoms with Crippen molar-refractivity contribution in [2.75, 3.05) is 0 Å². The molecule has 1 heterocycles. The number of thiazole rings is 1. The first-order valence-electron chi connectivity index (χ1n) is 4.27. The number of ketones is 1. The predicted octanol–water partition coefficient (Wildman–Crippen LogP) is 2.99. The highest BCUT2D eigenvalue weighted by Gasteiger charge is 2.07. The largest absolute Gasteiger partial charge is 0.300 e. The third kappa shape index (κ3) is 3.19. The van der Waals surface area contributed by atoms with E-state index in [0.29, 0.717) is 6.42 Å². The van der Waals surface area contributed by atoms with Gasteiger partial charge in [-0.15, -0.1) is 11.3 Å². The third-order valence-corrected chi connectivity index (χ3v) is 3.88. The van der Waals surface area contributed by atoms with Crippen molar-refractivity contribution >= 4 is 33.0 Å². The Kier molecular flexibility index (Phi) is 4.06. The molecule has 0 amide bonds. The van der Waals surface area contributed by atoms with E-state index in [1.165, 1.54) is 4.88 Å². The number of carbonyl (C=O) groups excluding carboxylic acids is 1. The van der Waals surface area contributed by atoms with E-state index < -0.39 is 0 Å². The summed E-state index contributed by atoms with van der Waals surface area (Å²) in [6.45, 7) is 3.72. The Hall–Kier alpha value is -0.220. The van der Waals surface area contributed by atoms with E-state index in [0.717, 1.165) is 22.5 Å². The Morgan fingerprint density at radius 3 is 2.77 bits per heavy atom. The number of hydrogen-bond acceptors (Lipinski definition) is 3.